The van der Waals surface area contributed by atoms with Gasteiger partial charge in [-0.05, 0) is 50.6 Å². The smallest absolute Gasteiger partial charge is 0.338 e. The molecule has 3 amide bonds. The van der Waals surface area contributed by atoms with E-state index in [-0.39, 0.29) is 24.0 Å². The summed E-state index contributed by atoms with van der Waals surface area (Å²) >= 11 is 0. The monoisotopic (exact) mass is 404 g/mol. The van der Waals surface area contributed by atoms with Crippen LogP contribution in [0, 0.1) is 11.7 Å². The number of esters is 1. The molecule has 9 heteroatoms. The number of hydrogen-bond acceptors (Lipinski definition) is 5. The van der Waals surface area contributed by atoms with Crippen molar-refractivity contribution < 1.29 is 23.5 Å². The molecule has 0 aromatic heterocycles. The van der Waals surface area contributed by atoms with Crippen molar-refractivity contribution in [1.29, 1.82) is 0 Å². The molecule has 4 N–H and O–H groups in total. The van der Waals surface area contributed by atoms with Gasteiger partial charge in [0, 0.05) is 18.2 Å². The Labute approximate surface area is 168 Å². The van der Waals surface area contributed by atoms with Gasteiger partial charge in [0.2, 0.25) is 5.91 Å². The lowest BCUT2D eigenvalue weighted by Crippen LogP contribution is -2.49. The second-order valence-electron chi connectivity index (χ2n) is 7.15. The fourth-order valence-corrected chi connectivity index (χ4v) is 3.73. The fraction of sp³-hybridized carbons (Fsp3) is 0.450. The lowest BCUT2D eigenvalue weighted by molar-refractivity contribution is -0.139. The van der Waals surface area contributed by atoms with E-state index in [2.05, 4.69) is 10.6 Å². The molecular weight excluding hydrogens is 379 g/mol. The third-order valence-electron chi connectivity index (χ3n) is 5.20. The quantitative estimate of drug-likeness (QED) is 0.617. The molecule has 0 bridgehead atoms. The Kier molecular flexibility index (Phi) is 6.48. The van der Waals surface area contributed by atoms with E-state index in [1.807, 2.05) is 4.90 Å². The highest BCUT2D eigenvalue weighted by Crippen LogP contribution is 2.29. The summed E-state index contributed by atoms with van der Waals surface area (Å²) in [7, 11) is 0. The van der Waals surface area contributed by atoms with Gasteiger partial charge in [-0.15, -0.1) is 0 Å². The van der Waals surface area contributed by atoms with Crippen LogP contribution in [-0.4, -0.2) is 49.0 Å². The van der Waals surface area contributed by atoms with Gasteiger partial charge in [0.15, 0.2) is 0 Å². The van der Waals surface area contributed by atoms with Crippen LogP contribution in [0.15, 0.2) is 35.5 Å². The van der Waals surface area contributed by atoms with E-state index >= 15 is 0 Å². The normalized spacial score (nSPS) is 20.8. The van der Waals surface area contributed by atoms with Crippen LogP contribution in [0.25, 0.3) is 0 Å². The van der Waals surface area contributed by atoms with Gasteiger partial charge in [-0.1, -0.05) is 12.1 Å². The molecule has 1 atom stereocenters. The maximum Gasteiger partial charge on any atom is 0.338 e. The number of halogens is 1. The third kappa shape index (κ3) is 4.92. The number of rotatable bonds is 6. The number of urea groups is 1. The summed E-state index contributed by atoms with van der Waals surface area (Å²) in [5.74, 6) is -1.50. The SMILES string of the molecule is CCOC(=O)C1=C(CN2CCC(C(N)=O)CC2)NC(=O)N[C@@H]1c1cccc(F)c1. The van der Waals surface area contributed by atoms with Crippen LogP contribution in [0.5, 0.6) is 0 Å². The van der Waals surface area contributed by atoms with Crippen molar-refractivity contribution in [3.8, 4) is 0 Å². The van der Waals surface area contributed by atoms with Crippen molar-refractivity contribution >= 4 is 17.9 Å². The Morgan fingerprint density at radius 1 is 1.31 bits per heavy atom. The van der Waals surface area contributed by atoms with E-state index in [4.69, 9.17) is 10.5 Å². The Balaban J connectivity index is 1.90. The maximum atomic E-state index is 13.8. The molecule has 0 saturated carbocycles. The van der Waals surface area contributed by atoms with Crippen LogP contribution in [0.4, 0.5) is 9.18 Å². The molecule has 0 aliphatic carbocycles. The molecule has 156 valence electrons. The first-order valence-corrected chi connectivity index (χ1v) is 9.63. The van der Waals surface area contributed by atoms with Crippen LogP contribution in [0.1, 0.15) is 31.4 Å². The molecular formula is C20H25FN4O4. The van der Waals surface area contributed by atoms with E-state index in [9.17, 15) is 18.8 Å². The number of nitrogens with zero attached hydrogens (tertiary/aromatic N) is 1. The lowest BCUT2D eigenvalue weighted by Gasteiger charge is -2.34. The zero-order valence-electron chi connectivity index (χ0n) is 16.2. The Bertz CT molecular complexity index is 834. The number of likely N-dealkylation sites (tertiary alicyclic amines) is 1. The standard InChI is InChI=1S/C20H25FN4O4/c1-2-29-19(27)16-15(11-25-8-6-12(7-9-25)18(22)26)23-20(28)24-17(16)13-4-3-5-14(21)10-13/h3-5,10,12,17H,2,6-9,11H2,1H3,(H2,22,26)(H2,23,24,28)/t17-/m1/s1. The Morgan fingerprint density at radius 2 is 2.03 bits per heavy atom. The minimum atomic E-state index is -0.823. The van der Waals surface area contributed by atoms with Gasteiger partial charge in [-0.3, -0.25) is 9.69 Å². The molecule has 1 fully saturated rings. The molecule has 2 heterocycles. The Hall–Kier alpha value is -2.94. The predicted molar refractivity (Wildman–Crippen MR) is 103 cm³/mol. The number of amides is 3. The largest absolute Gasteiger partial charge is 0.463 e. The van der Waals surface area contributed by atoms with Gasteiger partial charge in [0.1, 0.15) is 5.82 Å². The van der Waals surface area contributed by atoms with E-state index < -0.39 is 23.9 Å². The molecule has 2 aliphatic heterocycles. The number of nitrogens with two attached hydrogens (primary N) is 1. The Morgan fingerprint density at radius 3 is 2.66 bits per heavy atom. The minimum absolute atomic E-state index is 0.160. The van der Waals surface area contributed by atoms with Crippen LogP contribution >= 0.6 is 0 Å². The number of primary amides is 1. The van der Waals surface area contributed by atoms with Gasteiger partial charge in [0.05, 0.1) is 18.2 Å². The van der Waals surface area contributed by atoms with Crippen molar-refractivity contribution in [2.24, 2.45) is 11.7 Å². The molecule has 2 aliphatic rings. The van der Waals surface area contributed by atoms with Crippen LogP contribution in [-0.2, 0) is 14.3 Å². The summed E-state index contributed by atoms with van der Waals surface area (Å²) in [5, 5.41) is 5.39. The van der Waals surface area contributed by atoms with E-state index in [0.29, 0.717) is 43.7 Å². The summed E-state index contributed by atoms with van der Waals surface area (Å²) in [6.45, 7) is 3.39. The van der Waals surface area contributed by atoms with Gasteiger partial charge >= 0.3 is 12.0 Å². The zero-order chi connectivity index (χ0) is 21.0. The third-order valence-corrected chi connectivity index (χ3v) is 5.20. The average molecular weight is 404 g/mol. The average Bonchev–Trinajstić information content (AvgIpc) is 2.68. The first kappa shape index (κ1) is 20.8. The molecule has 3 rings (SSSR count). The molecule has 1 aromatic carbocycles. The minimum Gasteiger partial charge on any atom is -0.463 e. The highest BCUT2D eigenvalue weighted by Gasteiger charge is 2.35. The molecule has 0 spiro atoms. The van der Waals surface area contributed by atoms with Crippen molar-refractivity contribution in [3.63, 3.8) is 0 Å². The number of carbonyl (C=O) groups excluding carboxylic acids is 3. The molecule has 29 heavy (non-hydrogen) atoms. The summed E-state index contributed by atoms with van der Waals surface area (Å²) in [4.78, 5) is 38.4. The number of hydrogen-bond donors (Lipinski definition) is 3. The van der Waals surface area contributed by atoms with Crippen molar-refractivity contribution in [1.82, 2.24) is 15.5 Å². The molecule has 0 radical (unpaired) electrons. The predicted octanol–water partition coefficient (Wildman–Crippen LogP) is 1.19. The van der Waals surface area contributed by atoms with Crippen molar-refractivity contribution in [3.05, 3.63) is 46.9 Å². The fourth-order valence-electron chi connectivity index (χ4n) is 3.73. The first-order valence-electron chi connectivity index (χ1n) is 9.63. The van der Waals surface area contributed by atoms with Gasteiger partial charge in [0.25, 0.3) is 0 Å². The number of nitrogens with one attached hydrogen (secondary N) is 2. The number of benzene rings is 1. The van der Waals surface area contributed by atoms with Crippen molar-refractivity contribution in [2.75, 3.05) is 26.2 Å². The van der Waals surface area contributed by atoms with Gasteiger partial charge in [-0.2, -0.15) is 0 Å². The maximum absolute atomic E-state index is 13.8. The second-order valence-corrected chi connectivity index (χ2v) is 7.15. The zero-order valence-corrected chi connectivity index (χ0v) is 16.2. The van der Waals surface area contributed by atoms with Crippen molar-refractivity contribution in [2.45, 2.75) is 25.8 Å². The second kappa shape index (κ2) is 9.04. The summed E-state index contributed by atoms with van der Waals surface area (Å²) in [6.07, 6.45) is 1.24. The molecule has 1 aromatic rings. The molecule has 8 nitrogen and oxygen atoms in total. The van der Waals surface area contributed by atoms with E-state index in [1.165, 1.54) is 18.2 Å². The first-order chi connectivity index (χ1) is 13.9. The number of ether oxygens (including phenoxy) is 1. The highest BCUT2D eigenvalue weighted by atomic mass is 19.1. The van der Waals surface area contributed by atoms with E-state index in [1.54, 1.807) is 13.0 Å². The van der Waals surface area contributed by atoms with E-state index in [0.717, 1.165) is 0 Å². The highest BCUT2D eigenvalue weighted by molar-refractivity contribution is 5.95. The van der Waals surface area contributed by atoms with Crippen LogP contribution in [0.3, 0.4) is 0 Å². The molecule has 0 unspecified atom stereocenters. The number of carbonyl (C=O) groups is 3. The lowest BCUT2D eigenvalue weighted by atomic mass is 9.93. The molecule has 1 saturated heterocycles. The topological polar surface area (TPSA) is 114 Å². The summed E-state index contributed by atoms with van der Waals surface area (Å²) < 4.78 is 19.0. The van der Waals surface area contributed by atoms with Crippen LogP contribution < -0.4 is 16.4 Å². The summed E-state index contributed by atoms with van der Waals surface area (Å²) in [6, 6.07) is 4.45. The van der Waals surface area contributed by atoms with Gasteiger partial charge in [-0.25, -0.2) is 14.0 Å². The van der Waals surface area contributed by atoms with Gasteiger partial charge < -0.3 is 21.1 Å². The summed E-state index contributed by atoms with van der Waals surface area (Å²) in [5.41, 5.74) is 6.49. The number of piperidine rings is 1. The van der Waals surface area contributed by atoms with Crippen LogP contribution in [0.2, 0.25) is 0 Å².